The number of carbonyl (C=O) groups excluding carboxylic acids is 1. The van der Waals surface area contributed by atoms with Crippen molar-refractivity contribution in [2.45, 2.75) is 26.2 Å². The van der Waals surface area contributed by atoms with Crippen LogP contribution in [0.15, 0.2) is 24.3 Å². The lowest BCUT2D eigenvalue weighted by Crippen LogP contribution is -2.41. The molecule has 110 valence electrons. The minimum Gasteiger partial charge on any atom is -0.384 e. The number of amides is 1. The zero-order chi connectivity index (χ0) is 14.6. The van der Waals surface area contributed by atoms with Crippen LogP contribution in [0.4, 0.5) is 5.69 Å². The molecule has 20 heavy (non-hydrogen) atoms. The summed E-state index contributed by atoms with van der Waals surface area (Å²) in [4.78, 5) is 12.5. The van der Waals surface area contributed by atoms with Crippen LogP contribution in [-0.2, 0) is 9.53 Å². The van der Waals surface area contributed by atoms with Crippen LogP contribution in [0.5, 0.6) is 0 Å². The number of rotatable bonds is 5. The monoisotopic (exact) mass is 276 g/mol. The van der Waals surface area contributed by atoms with E-state index in [9.17, 15) is 4.79 Å². The highest BCUT2D eigenvalue weighted by Crippen LogP contribution is 2.28. The maximum Gasteiger partial charge on any atom is 0.234 e. The van der Waals surface area contributed by atoms with Gasteiger partial charge in [-0.2, -0.15) is 0 Å². The molecule has 0 spiro atoms. The minimum atomic E-state index is -0.439. The van der Waals surface area contributed by atoms with Crippen molar-refractivity contribution in [1.82, 2.24) is 5.32 Å². The third kappa shape index (κ3) is 3.19. The van der Waals surface area contributed by atoms with E-state index in [1.165, 1.54) is 5.56 Å². The highest BCUT2D eigenvalue weighted by molar-refractivity contribution is 5.95. The molecule has 0 aliphatic carbocycles. The quantitative estimate of drug-likeness (QED) is 0.868. The topological polar surface area (TPSA) is 50.4 Å². The Bertz CT molecular complexity index is 448. The van der Waals surface area contributed by atoms with E-state index in [1.54, 1.807) is 7.11 Å². The Morgan fingerprint density at radius 1 is 1.40 bits per heavy atom. The second-order valence-electron chi connectivity index (χ2n) is 5.87. The molecule has 1 unspecified atom stereocenters. The van der Waals surface area contributed by atoms with E-state index in [0.717, 1.165) is 18.7 Å². The summed E-state index contributed by atoms with van der Waals surface area (Å²) in [6, 6.07) is 8.07. The van der Waals surface area contributed by atoms with Gasteiger partial charge in [-0.05, 0) is 36.6 Å². The van der Waals surface area contributed by atoms with Gasteiger partial charge in [0.05, 0.1) is 12.0 Å². The van der Waals surface area contributed by atoms with E-state index in [4.69, 9.17) is 4.74 Å². The Balaban J connectivity index is 2.06. The number of anilines is 1. The highest BCUT2D eigenvalue weighted by atomic mass is 16.5. The predicted molar refractivity (Wildman–Crippen MR) is 81.0 cm³/mol. The molecule has 1 aliphatic rings. The van der Waals surface area contributed by atoms with Crippen molar-refractivity contribution in [1.29, 1.82) is 0 Å². The van der Waals surface area contributed by atoms with Crippen LogP contribution in [0.2, 0.25) is 0 Å². The van der Waals surface area contributed by atoms with Crippen LogP contribution in [0.25, 0.3) is 0 Å². The first kappa shape index (κ1) is 15.0. The maximum absolute atomic E-state index is 12.5. The van der Waals surface area contributed by atoms with Gasteiger partial charge in [0.2, 0.25) is 5.91 Å². The summed E-state index contributed by atoms with van der Waals surface area (Å²) in [6.07, 6.45) is 0.816. The van der Waals surface area contributed by atoms with E-state index in [0.29, 0.717) is 19.1 Å². The van der Waals surface area contributed by atoms with Crippen molar-refractivity contribution in [2.24, 2.45) is 5.41 Å². The predicted octanol–water partition coefficient (Wildman–Crippen LogP) is 2.37. The van der Waals surface area contributed by atoms with E-state index in [2.05, 4.69) is 36.6 Å². The van der Waals surface area contributed by atoms with E-state index in [-0.39, 0.29) is 5.91 Å². The average Bonchev–Trinajstić information content (AvgIpc) is 2.89. The fourth-order valence-electron chi connectivity index (χ4n) is 2.62. The molecule has 1 atom stereocenters. The highest BCUT2D eigenvalue weighted by Gasteiger charge is 2.41. The molecule has 1 aromatic rings. The first-order chi connectivity index (χ1) is 9.57. The molecule has 2 rings (SSSR count). The number of hydrogen-bond acceptors (Lipinski definition) is 3. The summed E-state index contributed by atoms with van der Waals surface area (Å²) in [7, 11) is 1.64. The number of carbonyl (C=O) groups is 1. The first-order valence-corrected chi connectivity index (χ1v) is 7.18. The molecule has 0 saturated carbocycles. The minimum absolute atomic E-state index is 0.0432. The van der Waals surface area contributed by atoms with E-state index >= 15 is 0 Å². The Morgan fingerprint density at radius 2 is 2.10 bits per heavy atom. The van der Waals surface area contributed by atoms with Gasteiger partial charge in [0.15, 0.2) is 0 Å². The van der Waals surface area contributed by atoms with Crippen LogP contribution in [0, 0.1) is 5.41 Å². The molecule has 4 heteroatoms. The molecule has 2 N–H and O–H groups in total. The third-order valence-corrected chi connectivity index (χ3v) is 3.98. The van der Waals surface area contributed by atoms with Gasteiger partial charge in [0.25, 0.3) is 0 Å². The number of methoxy groups -OCH3 is 1. The lowest BCUT2D eigenvalue weighted by atomic mass is 9.87. The number of hydrogen-bond donors (Lipinski definition) is 2. The van der Waals surface area contributed by atoms with Gasteiger partial charge in [0, 0.05) is 19.3 Å². The fraction of sp³-hybridized carbons (Fsp3) is 0.562. The normalized spacial score (nSPS) is 22.2. The van der Waals surface area contributed by atoms with Crippen molar-refractivity contribution in [3.63, 3.8) is 0 Å². The van der Waals surface area contributed by atoms with Gasteiger partial charge in [-0.3, -0.25) is 4.79 Å². The summed E-state index contributed by atoms with van der Waals surface area (Å²) in [6.45, 7) is 6.31. The third-order valence-electron chi connectivity index (χ3n) is 3.98. The maximum atomic E-state index is 12.5. The lowest BCUT2D eigenvalue weighted by molar-refractivity contribution is -0.127. The van der Waals surface area contributed by atoms with Gasteiger partial charge in [-0.15, -0.1) is 0 Å². The van der Waals surface area contributed by atoms with Crippen LogP contribution >= 0.6 is 0 Å². The van der Waals surface area contributed by atoms with Crippen LogP contribution in [-0.4, -0.2) is 32.7 Å². The summed E-state index contributed by atoms with van der Waals surface area (Å²) in [5, 5.41) is 6.26. The molecular formula is C16H24N2O2. The average molecular weight is 276 g/mol. The lowest BCUT2D eigenvalue weighted by Gasteiger charge is -2.26. The zero-order valence-corrected chi connectivity index (χ0v) is 12.5. The summed E-state index contributed by atoms with van der Waals surface area (Å²) in [5.74, 6) is 0.542. The van der Waals surface area contributed by atoms with Gasteiger partial charge < -0.3 is 15.4 Å². The molecular weight excluding hydrogens is 252 g/mol. The molecule has 4 nitrogen and oxygen atoms in total. The molecule has 1 amide bonds. The number of nitrogens with one attached hydrogen (secondary N) is 2. The van der Waals surface area contributed by atoms with Gasteiger partial charge >= 0.3 is 0 Å². The molecule has 1 heterocycles. The second-order valence-corrected chi connectivity index (χ2v) is 5.87. The van der Waals surface area contributed by atoms with Crippen LogP contribution < -0.4 is 10.6 Å². The Labute approximate surface area is 120 Å². The molecule has 1 aromatic carbocycles. The van der Waals surface area contributed by atoms with E-state index in [1.807, 2.05) is 12.1 Å². The smallest absolute Gasteiger partial charge is 0.234 e. The van der Waals surface area contributed by atoms with E-state index < -0.39 is 5.41 Å². The van der Waals surface area contributed by atoms with Crippen molar-refractivity contribution in [2.75, 3.05) is 32.1 Å². The number of ether oxygens (including phenoxy) is 1. The summed E-state index contributed by atoms with van der Waals surface area (Å²) in [5.41, 5.74) is 1.68. The molecule has 0 bridgehead atoms. The van der Waals surface area contributed by atoms with Crippen molar-refractivity contribution in [3.05, 3.63) is 29.8 Å². The van der Waals surface area contributed by atoms with Gasteiger partial charge in [-0.1, -0.05) is 26.0 Å². The fourth-order valence-corrected chi connectivity index (χ4v) is 2.62. The largest absolute Gasteiger partial charge is 0.384 e. The van der Waals surface area contributed by atoms with Crippen LogP contribution in [0.3, 0.4) is 0 Å². The number of benzene rings is 1. The Kier molecular flexibility index (Phi) is 4.78. The Hall–Kier alpha value is -1.39. The van der Waals surface area contributed by atoms with Crippen molar-refractivity contribution >= 4 is 11.6 Å². The first-order valence-electron chi connectivity index (χ1n) is 7.18. The molecule has 1 aliphatic heterocycles. The standard InChI is InChI=1S/C16H24N2O2/c1-12(2)13-4-6-14(7-5-13)18-15(19)16(11-20-3)8-9-17-10-16/h4-7,12,17H,8-11H2,1-3H3,(H,18,19). The van der Waals surface area contributed by atoms with Crippen molar-refractivity contribution < 1.29 is 9.53 Å². The molecule has 0 aromatic heterocycles. The zero-order valence-electron chi connectivity index (χ0n) is 12.5. The second kappa shape index (κ2) is 6.37. The summed E-state index contributed by atoms with van der Waals surface area (Å²) < 4.78 is 5.24. The van der Waals surface area contributed by atoms with Gasteiger partial charge in [0.1, 0.15) is 0 Å². The SMILES string of the molecule is COCC1(C(=O)Nc2ccc(C(C)C)cc2)CCNC1. The molecule has 1 saturated heterocycles. The van der Waals surface area contributed by atoms with Gasteiger partial charge in [-0.25, -0.2) is 0 Å². The summed E-state index contributed by atoms with van der Waals surface area (Å²) >= 11 is 0. The van der Waals surface area contributed by atoms with Crippen LogP contribution in [0.1, 0.15) is 31.7 Å². The molecule has 0 radical (unpaired) electrons. The Morgan fingerprint density at radius 3 is 2.60 bits per heavy atom. The van der Waals surface area contributed by atoms with Crippen molar-refractivity contribution in [3.8, 4) is 0 Å². The molecule has 1 fully saturated rings.